The highest BCUT2D eigenvalue weighted by atomic mass is 32.2. The highest BCUT2D eigenvalue weighted by Gasteiger charge is 2.16. The molecule has 8 heteroatoms. The number of rotatable bonds is 7. The van der Waals surface area contributed by atoms with Crippen molar-refractivity contribution in [2.45, 2.75) is 25.2 Å². The molecule has 0 spiro atoms. The number of hydrogen-bond acceptors (Lipinski definition) is 5. The van der Waals surface area contributed by atoms with Gasteiger partial charge in [0.1, 0.15) is 0 Å². The van der Waals surface area contributed by atoms with Crippen molar-refractivity contribution >= 4 is 27.6 Å². The van der Waals surface area contributed by atoms with E-state index in [1.54, 1.807) is 32.0 Å². The first-order chi connectivity index (χ1) is 16.3. The van der Waals surface area contributed by atoms with Gasteiger partial charge in [0.2, 0.25) is 11.9 Å². The summed E-state index contributed by atoms with van der Waals surface area (Å²) in [6.45, 7) is 3.53. The Morgan fingerprint density at radius 3 is 2.00 bits per heavy atom. The summed E-state index contributed by atoms with van der Waals surface area (Å²) in [5.74, 6) is -0.169. The van der Waals surface area contributed by atoms with Gasteiger partial charge < -0.3 is 5.32 Å². The van der Waals surface area contributed by atoms with Gasteiger partial charge in [0.25, 0.3) is 10.0 Å². The summed E-state index contributed by atoms with van der Waals surface area (Å²) < 4.78 is 27.7. The molecule has 0 aliphatic heterocycles. The monoisotopic (exact) mass is 472 g/mol. The molecule has 0 saturated heterocycles. The maximum Gasteiger partial charge on any atom is 0.264 e. The summed E-state index contributed by atoms with van der Waals surface area (Å²) in [5.41, 5.74) is 4.92. The van der Waals surface area contributed by atoms with Crippen molar-refractivity contribution in [2.75, 3.05) is 10.0 Å². The van der Waals surface area contributed by atoms with Gasteiger partial charge in [0, 0.05) is 17.1 Å². The molecule has 1 aromatic heterocycles. The van der Waals surface area contributed by atoms with Crippen LogP contribution in [0.4, 0.5) is 11.6 Å². The average molecular weight is 473 g/mol. The van der Waals surface area contributed by atoms with Crippen LogP contribution in [-0.2, 0) is 21.2 Å². The molecule has 0 radical (unpaired) electrons. The zero-order chi connectivity index (χ0) is 24.1. The number of sulfonamides is 1. The molecule has 4 rings (SSSR count). The molecular weight excluding hydrogens is 448 g/mol. The van der Waals surface area contributed by atoms with Crippen LogP contribution < -0.4 is 10.0 Å². The van der Waals surface area contributed by atoms with Gasteiger partial charge >= 0.3 is 0 Å². The molecule has 1 heterocycles. The summed E-state index contributed by atoms with van der Waals surface area (Å²) in [7, 11) is -3.86. The Morgan fingerprint density at radius 2 is 1.38 bits per heavy atom. The van der Waals surface area contributed by atoms with Gasteiger partial charge in [0.15, 0.2) is 0 Å². The third-order valence-corrected chi connectivity index (χ3v) is 6.43. The van der Waals surface area contributed by atoms with Crippen molar-refractivity contribution in [3.05, 3.63) is 102 Å². The van der Waals surface area contributed by atoms with Crippen molar-refractivity contribution in [1.82, 2.24) is 9.97 Å². The molecule has 0 saturated carbocycles. The molecule has 172 valence electrons. The number of nitrogens with one attached hydrogen (secondary N) is 2. The van der Waals surface area contributed by atoms with Gasteiger partial charge in [-0.1, -0.05) is 54.6 Å². The second-order valence-corrected chi connectivity index (χ2v) is 9.57. The molecule has 0 fully saturated rings. The fourth-order valence-corrected chi connectivity index (χ4v) is 4.45. The van der Waals surface area contributed by atoms with Crippen LogP contribution in [0.25, 0.3) is 11.1 Å². The van der Waals surface area contributed by atoms with E-state index in [0.29, 0.717) is 17.1 Å². The van der Waals surface area contributed by atoms with Crippen LogP contribution in [0.2, 0.25) is 0 Å². The molecule has 7 nitrogen and oxygen atoms in total. The minimum absolute atomic E-state index is 0.0214. The second-order valence-electron chi connectivity index (χ2n) is 7.89. The number of carbonyl (C=O) groups is 1. The minimum Gasteiger partial charge on any atom is -0.326 e. The Hall–Kier alpha value is -4.04. The molecule has 3 aromatic carbocycles. The first-order valence-electron chi connectivity index (χ1n) is 10.7. The van der Waals surface area contributed by atoms with Gasteiger partial charge in [-0.25, -0.2) is 23.1 Å². The average Bonchev–Trinajstić information content (AvgIpc) is 2.79. The van der Waals surface area contributed by atoms with E-state index in [9.17, 15) is 13.2 Å². The quantitative estimate of drug-likeness (QED) is 0.405. The molecule has 1 amide bonds. The topological polar surface area (TPSA) is 101 Å². The van der Waals surface area contributed by atoms with E-state index in [0.717, 1.165) is 16.7 Å². The van der Waals surface area contributed by atoms with Crippen molar-refractivity contribution < 1.29 is 13.2 Å². The molecule has 0 unspecified atom stereocenters. The van der Waals surface area contributed by atoms with Gasteiger partial charge in [0.05, 0.1) is 11.3 Å². The lowest BCUT2D eigenvalue weighted by Gasteiger charge is -2.10. The van der Waals surface area contributed by atoms with Crippen LogP contribution in [-0.4, -0.2) is 24.3 Å². The van der Waals surface area contributed by atoms with E-state index >= 15 is 0 Å². The fourth-order valence-electron chi connectivity index (χ4n) is 3.50. The first kappa shape index (κ1) is 23.1. The summed E-state index contributed by atoms with van der Waals surface area (Å²) in [6, 6.07) is 25.6. The lowest BCUT2D eigenvalue weighted by atomic mass is 10.0. The van der Waals surface area contributed by atoms with E-state index in [1.165, 1.54) is 12.1 Å². The third-order valence-electron chi connectivity index (χ3n) is 5.08. The number of aromatic nitrogens is 2. The molecule has 0 bridgehead atoms. The largest absolute Gasteiger partial charge is 0.326 e. The number of amides is 1. The number of aryl methyl sites for hydroxylation is 2. The van der Waals surface area contributed by atoms with Gasteiger partial charge in [-0.3, -0.25) is 4.79 Å². The summed E-state index contributed by atoms with van der Waals surface area (Å²) >= 11 is 0. The summed E-state index contributed by atoms with van der Waals surface area (Å²) in [5, 5.41) is 2.80. The molecule has 0 aliphatic carbocycles. The van der Waals surface area contributed by atoms with Crippen LogP contribution in [0.5, 0.6) is 0 Å². The Kier molecular flexibility index (Phi) is 6.70. The SMILES string of the molecule is Cc1cc(C)nc(NS(=O)(=O)c2ccc(NC(=O)Cc3ccc(-c4ccccc4)cc3)cc2)n1. The highest BCUT2D eigenvalue weighted by Crippen LogP contribution is 2.20. The Labute approximate surface area is 199 Å². The molecule has 34 heavy (non-hydrogen) atoms. The smallest absolute Gasteiger partial charge is 0.264 e. The standard InChI is InChI=1S/C26H24N4O3S/c1-18-16-19(2)28-26(27-18)30-34(32,33)24-14-12-23(13-15-24)29-25(31)17-20-8-10-22(11-9-20)21-6-4-3-5-7-21/h3-16H,17H2,1-2H3,(H,29,31)(H,27,28,30). The van der Waals surface area contributed by atoms with Gasteiger partial charge in [-0.05, 0) is 60.9 Å². The zero-order valence-electron chi connectivity index (χ0n) is 18.8. The van der Waals surface area contributed by atoms with E-state index in [2.05, 4.69) is 20.0 Å². The summed E-state index contributed by atoms with van der Waals surface area (Å²) in [4.78, 5) is 20.7. The van der Waals surface area contributed by atoms with Gasteiger partial charge in [-0.15, -0.1) is 0 Å². The van der Waals surface area contributed by atoms with Crippen LogP contribution in [0, 0.1) is 13.8 Å². The molecule has 4 aromatic rings. The lowest BCUT2D eigenvalue weighted by Crippen LogP contribution is -2.16. The number of benzene rings is 3. The summed E-state index contributed by atoms with van der Waals surface area (Å²) in [6.07, 6.45) is 0.209. The first-order valence-corrected chi connectivity index (χ1v) is 12.2. The zero-order valence-corrected chi connectivity index (χ0v) is 19.6. The van der Waals surface area contributed by atoms with E-state index in [1.807, 2.05) is 54.6 Å². The van der Waals surface area contributed by atoms with E-state index in [-0.39, 0.29) is 23.2 Å². The predicted octanol–water partition coefficient (Wildman–Crippen LogP) is 4.74. The fraction of sp³-hybridized carbons (Fsp3) is 0.115. The molecule has 0 aliphatic rings. The second kappa shape index (κ2) is 9.84. The molecular formula is C26H24N4O3S. The number of carbonyl (C=O) groups excluding carboxylic acids is 1. The number of anilines is 2. The van der Waals surface area contributed by atoms with E-state index in [4.69, 9.17) is 0 Å². The molecule has 2 N–H and O–H groups in total. The van der Waals surface area contributed by atoms with Crippen LogP contribution in [0.15, 0.2) is 89.8 Å². The normalized spacial score (nSPS) is 11.1. The van der Waals surface area contributed by atoms with Crippen molar-refractivity contribution in [3.63, 3.8) is 0 Å². The highest BCUT2D eigenvalue weighted by molar-refractivity contribution is 7.92. The Morgan fingerprint density at radius 1 is 0.794 bits per heavy atom. The number of hydrogen-bond donors (Lipinski definition) is 2. The van der Waals surface area contributed by atoms with Crippen molar-refractivity contribution in [1.29, 1.82) is 0 Å². The van der Waals surface area contributed by atoms with E-state index < -0.39 is 10.0 Å². The minimum atomic E-state index is -3.86. The Bertz CT molecular complexity index is 1380. The van der Waals surface area contributed by atoms with Crippen LogP contribution in [0.1, 0.15) is 17.0 Å². The number of nitrogens with zero attached hydrogens (tertiary/aromatic N) is 2. The van der Waals surface area contributed by atoms with Crippen LogP contribution in [0.3, 0.4) is 0 Å². The van der Waals surface area contributed by atoms with Crippen LogP contribution >= 0.6 is 0 Å². The Balaban J connectivity index is 1.38. The molecule has 0 atom stereocenters. The maximum absolute atomic E-state index is 12.7. The van der Waals surface area contributed by atoms with Gasteiger partial charge in [-0.2, -0.15) is 0 Å². The maximum atomic E-state index is 12.7. The predicted molar refractivity (Wildman–Crippen MR) is 133 cm³/mol. The third kappa shape index (κ3) is 5.85. The lowest BCUT2D eigenvalue weighted by molar-refractivity contribution is -0.115. The van der Waals surface area contributed by atoms with Crippen molar-refractivity contribution in [2.24, 2.45) is 0 Å². The van der Waals surface area contributed by atoms with Crippen molar-refractivity contribution in [3.8, 4) is 11.1 Å².